The van der Waals surface area contributed by atoms with E-state index in [9.17, 15) is 13.2 Å². The summed E-state index contributed by atoms with van der Waals surface area (Å²) in [6.07, 6.45) is 3.16. The maximum Gasteiger partial charge on any atom is 0.328 e. The fraction of sp³-hybridized carbons (Fsp3) is 0.235. The van der Waals surface area contributed by atoms with Crippen molar-refractivity contribution in [2.75, 3.05) is 0 Å². The largest absolute Gasteiger partial charge is 0.335 e. The zero-order valence-electron chi connectivity index (χ0n) is 14.7. The number of nitrogens with one attached hydrogen (secondary N) is 2. The predicted octanol–water partition coefficient (Wildman–Crippen LogP) is 2.24. The van der Waals surface area contributed by atoms with Gasteiger partial charge in [0.1, 0.15) is 4.90 Å². The Kier molecular flexibility index (Phi) is 5.33. The Morgan fingerprint density at radius 1 is 1.30 bits per heavy atom. The van der Waals surface area contributed by atoms with Crippen LogP contribution in [0.25, 0.3) is 11.0 Å². The molecule has 10 heteroatoms. The van der Waals surface area contributed by atoms with E-state index in [0.717, 1.165) is 5.56 Å². The summed E-state index contributed by atoms with van der Waals surface area (Å²) in [4.78, 5) is 16.1. The maximum absolute atomic E-state index is 12.4. The van der Waals surface area contributed by atoms with Crippen LogP contribution >= 0.6 is 11.6 Å². The van der Waals surface area contributed by atoms with Gasteiger partial charge in [0.05, 0.1) is 6.20 Å². The van der Waals surface area contributed by atoms with E-state index in [1.165, 1.54) is 23.1 Å². The minimum absolute atomic E-state index is 0.114. The Balaban J connectivity index is 1.67. The maximum atomic E-state index is 12.4. The SMILES string of the molecule is CC(Cc1ccccc1Cl)NC(=O)NS(=O)(=O)c1cnc2c(cnn2C)c1. The molecule has 0 saturated heterocycles. The summed E-state index contributed by atoms with van der Waals surface area (Å²) < 4.78 is 28.4. The first-order valence-electron chi connectivity index (χ1n) is 8.11. The molecule has 0 bridgehead atoms. The smallest absolute Gasteiger partial charge is 0.328 e. The number of amides is 2. The number of halogens is 1. The molecule has 2 aromatic heterocycles. The van der Waals surface area contributed by atoms with Crippen LogP contribution in [0.1, 0.15) is 12.5 Å². The lowest BCUT2D eigenvalue weighted by Gasteiger charge is -2.15. The number of aryl methyl sites for hydroxylation is 1. The molecule has 2 amide bonds. The van der Waals surface area contributed by atoms with Crippen molar-refractivity contribution in [3.8, 4) is 0 Å². The zero-order chi connectivity index (χ0) is 19.6. The Morgan fingerprint density at radius 2 is 2.04 bits per heavy atom. The molecular formula is C17H18ClN5O3S. The summed E-state index contributed by atoms with van der Waals surface area (Å²) in [5, 5.41) is 7.77. The number of hydrogen-bond donors (Lipinski definition) is 2. The second-order valence-electron chi connectivity index (χ2n) is 6.13. The average molecular weight is 408 g/mol. The van der Waals surface area contributed by atoms with E-state index in [1.807, 2.05) is 22.9 Å². The van der Waals surface area contributed by atoms with Crippen LogP contribution in [0.15, 0.2) is 47.6 Å². The minimum atomic E-state index is -4.06. The number of rotatable bonds is 5. The number of pyridine rings is 1. The van der Waals surface area contributed by atoms with Crippen LogP contribution < -0.4 is 10.0 Å². The molecule has 27 heavy (non-hydrogen) atoms. The predicted molar refractivity (Wildman–Crippen MR) is 102 cm³/mol. The summed E-state index contributed by atoms with van der Waals surface area (Å²) in [6.45, 7) is 1.76. The highest BCUT2D eigenvalue weighted by atomic mass is 35.5. The van der Waals surface area contributed by atoms with Gasteiger partial charge in [0.25, 0.3) is 10.0 Å². The van der Waals surface area contributed by atoms with Gasteiger partial charge in [-0.3, -0.25) is 4.68 Å². The number of sulfonamides is 1. The number of carbonyl (C=O) groups is 1. The Labute approximate surface area is 161 Å². The number of benzene rings is 1. The summed E-state index contributed by atoms with van der Waals surface area (Å²) in [6, 6.07) is 7.55. The first-order valence-corrected chi connectivity index (χ1v) is 9.97. The third-order valence-corrected chi connectivity index (χ3v) is 5.61. The Bertz CT molecular complexity index is 1100. The van der Waals surface area contributed by atoms with Gasteiger partial charge in [-0.25, -0.2) is 22.9 Å². The van der Waals surface area contributed by atoms with Gasteiger partial charge in [0.15, 0.2) is 5.65 Å². The number of aromatic nitrogens is 3. The third kappa shape index (κ3) is 4.37. The topological polar surface area (TPSA) is 106 Å². The number of fused-ring (bicyclic) bond motifs is 1. The third-order valence-electron chi connectivity index (χ3n) is 3.95. The fourth-order valence-electron chi connectivity index (χ4n) is 2.65. The van der Waals surface area contributed by atoms with E-state index in [4.69, 9.17) is 11.6 Å². The van der Waals surface area contributed by atoms with Crippen molar-refractivity contribution in [1.29, 1.82) is 0 Å². The van der Waals surface area contributed by atoms with E-state index in [2.05, 4.69) is 15.4 Å². The molecule has 0 spiro atoms. The van der Waals surface area contributed by atoms with E-state index < -0.39 is 16.1 Å². The van der Waals surface area contributed by atoms with E-state index in [0.29, 0.717) is 22.5 Å². The molecule has 1 aromatic carbocycles. The second kappa shape index (κ2) is 7.53. The highest BCUT2D eigenvalue weighted by Gasteiger charge is 2.20. The van der Waals surface area contributed by atoms with Crippen LogP contribution in [0.3, 0.4) is 0 Å². The first-order chi connectivity index (χ1) is 12.8. The van der Waals surface area contributed by atoms with E-state index in [-0.39, 0.29) is 10.9 Å². The van der Waals surface area contributed by atoms with Crippen LogP contribution in [0, 0.1) is 0 Å². The minimum Gasteiger partial charge on any atom is -0.335 e. The molecule has 0 aliphatic carbocycles. The van der Waals surface area contributed by atoms with Gasteiger partial charge in [0.2, 0.25) is 0 Å². The fourth-order valence-corrected chi connectivity index (χ4v) is 3.76. The van der Waals surface area contributed by atoms with E-state index in [1.54, 1.807) is 20.0 Å². The van der Waals surface area contributed by atoms with Crippen molar-refractivity contribution in [3.63, 3.8) is 0 Å². The normalized spacial score (nSPS) is 12.7. The van der Waals surface area contributed by atoms with Gasteiger partial charge in [0, 0.05) is 29.7 Å². The molecule has 2 heterocycles. The summed E-state index contributed by atoms with van der Waals surface area (Å²) >= 11 is 6.10. The van der Waals surface area contributed by atoms with Crippen LogP contribution in [0.2, 0.25) is 5.02 Å². The van der Waals surface area contributed by atoms with Crippen molar-refractivity contribution in [3.05, 3.63) is 53.3 Å². The lowest BCUT2D eigenvalue weighted by atomic mass is 10.1. The molecule has 0 fully saturated rings. The molecule has 0 aliphatic rings. The molecule has 1 atom stereocenters. The summed E-state index contributed by atoms with van der Waals surface area (Å²) in [5.74, 6) is 0. The second-order valence-corrected chi connectivity index (χ2v) is 8.22. The number of urea groups is 1. The van der Waals surface area contributed by atoms with E-state index >= 15 is 0 Å². The molecular weight excluding hydrogens is 390 g/mol. The average Bonchev–Trinajstić information content (AvgIpc) is 2.97. The van der Waals surface area contributed by atoms with Crippen molar-refractivity contribution < 1.29 is 13.2 Å². The van der Waals surface area contributed by atoms with Gasteiger partial charge in [-0.2, -0.15) is 5.10 Å². The van der Waals surface area contributed by atoms with Crippen LogP contribution in [0.4, 0.5) is 4.79 Å². The lowest BCUT2D eigenvalue weighted by Crippen LogP contribution is -2.44. The zero-order valence-corrected chi connectivity index (χ0v) is 16.3. The summed E-state index contributed by atoms with van der Waals surface area (Å²) in [7, 11) is -2.35. The highest BCUT2D eigenvalue weighted by molar-refractivity contribution is 7.90. The number of carbonyl (C=O) groups excluding carboxylic acids is 1. The first kappa shape index (κ1) is 19.1. The molecule has 2 N–H and O–H groups in total. The van der Waals surface area contributed by atoms with Gasteiger partial charge >= 0.3 is 6.03 Å². The standard InChI is InChI=1S/C17H18ClN5O3S/c1-11(7-12-5-3-4-6-15(12)18)21-17(24)22-27(25,26)14-8-13-9-20-23(2)16(13)19-10-14/h3-6,8-11H,7H2,1-2H3,(H2,21,22,24). The van der Waals surface area contributed by atoms with Crippen LogP contribution in [-0.2, 0) is 23.5 Å². The van der Waals surface area contributed by atoms with Gasteiger partial charge < -0.3 is 5.32 Å². The molecule has 1 unspecified atom stereocenters. The lowest BCUT2D eigenvalue weighted by molar-refractivity contribution is 0.242. The summed E-state index contributed by atoms with van der Waals surface area (Å²) in [5.41, 5.74) is 1.41. The van der Waals surface area contributed by atoms with Gasteiger partial charge in [-0.15, -0.1) is 0 Å². The van der Waals surface area contributed by atoms with Crippen LogP contribution in [0.5, 0.6) is 0 Å². The molecule has 3 aromatic rings. The molecule has 0 saturated carbocycles. The monoisotopic (exact) mass is 407 g/mol. The number of nitrogens with zero attached hydrogens (tertiary/aromatic N) is 3. The molecule has 0 radical (unpaired) electrons. The van der Waals surface area contributed by atoms with Crippen molar-refractivity contribution in [2.24, 2.45) is 7.05 Å². The van der Waals surface area contributed by atoms with Gasteiger partial charge in [-0.05, 0) is 31.0 Å². The molecule has 8 nitrogen and oxygen atoms in total. The number of hydrogen-bond acceptors (Lipinski definition) is 5. The van der Waals surface area contributed by atoms with Crippen molar-refractivity contribution in [1.82, 2.24) is 24.8 Å². The Hall–Kier alpha value is -2.65. The Morgan fingerprint density at radius 3 is 2.78 bits per heavy atom. The highest BCUT2D eigenvalue weighted by Crippen LogP contribution is 2.17. The van der Waals surface area contributed by atoms with Gasteiger partial charge in [-0.1, -0.05) is 29.8 Å². The van der Waals surface area contributed by atoms with Crippen LogP contribution in [-0.4, -0.2) is 35.3 Å². The van der Waals surface area contributed by atoms with Crippen molar-refractivity contribution in [2.45, 2.75) is 24.3 Å². The molecule has 0 aliphatic heterocycles. The quantitative estimate of drug-likeness (QED) is 0.674. The van der Waals surface area contributed by atoms with Crippen molar-refractivity contribution >= 4 is 38.7 Å². The molecule has 3 rings (SSSR count). The molecule has 142 valence electrons.